The van der Waals surface area contributed by atoms with Gasteiger partial charge in [-0.15, -0.1) is 0 Å². The Balaban J connectivity index is 1.85. The van der Waals surface area contributed by atoms with Crippen LogP contribution in [0.1, 0.15) is 37.3 Å². The summed E-state index contributed by atoms with van der Waals surface area (Å²) in [6.45, 7) is 6.79. The first-order valence-electron chi connectivity index (χ1n) is 7.27. The summed E-state index contributed by atoms with van der Waals surface area (Å²) in [5.41, 5.74) is 9.56. The van der Waals surface area contributed by atoms with Gasteiger partial charge in [0.2, 0.25) is 5.91 Å². The number of ether oxygens (including phenoxy) is 1. The van der Waals surface area contributed by atoms with Crippen LogP contribution in [-0.4, -0.2) is 18.6 Å². The standard InChI is InChI=1S/C16H24N2O2/c1-4-20-13-7-12(8-13)9-16(19)18-15-6-11(3)10(2)5-14(15)17/h5-6,12-13H,4,7-9,17H2,1-3H3,(H,18,19). The molecule has 1 aliphatic rings. The summed E-state index contributed by atoms with van der Waals surface area (Å²) in [5, 5.41) is 2.92. The van der Waals surface area contributed by atoms with Gasteiger partial charge in [0, 0.05) is 13.0 Å². The topological polar surface area (TPSA) is 64.3 Å². The first-order chi connectivity index (χ1) is 9.49. The first-order valence-corrected chi connectivity index (χ1v) is 7.27. The molecule has 1 fully saturated rings. The van der Waals surface area contributed by atoms with Gasteiger partial charge >= 0.3 is 0 Å². The van der Waals surface area contributed by atoms with Crippen molar-refractivity contribution in [2.75, 3.05) is 17.7 Å². The van der Waals surface area contributed by atoms with Crippen LogP contribution in [0.5, 0.6) is 0 Å². The SMILES string of the molecule is CCOC1CC(CC(=O)Nc2cc(C)c(C)cc2N)C1. The van der Waals surface area contributed by atoms with Gasteiger partial charge in [-0.05, 0) is 62.8 Å². The van der Waals surface area contributed by atoms with E-state index in [4.69, 9.17) is 10.5 Å². The summed E-state index contributed by atoms with van der Waals surface area (Å²) in [6.07, 6.45) is 2.88. The zero-order valence-electron chi connectivity index (χ0n) is 12.5. The number of carbonyl (C=O) groups is 1. The summed E-state index contributed by atoms with van der Waals surface area (Å²) < 4.78 is 5.50. The monoisotopic (exact) mass is 276 g/mol. The van der Waals surface area contributed by atoms with Crippen LogP contribution < -0.4 is 11.1 Å². The van der Waals surface area contributed by atoms with Gasteiger partial charge in [0.15, 0.2) is 0 Å². The predicted molar refractivity (Wildman–Crippen MR) is 81.7 cm³/mol. The second-order valence-electron chi connectivity index (χ2n) is 5.69. The summed E-state index contributed by atoms with van der Waals surface area (Å²) in [4.78, 5) is 12.0. The zero-order chi connectivity index (χ0) is 14.7. The number of rotatable bonds is 5. The predicted octanol–water partition coefficient (Wildman–Crippen LogP) is 3.03. The average Bonchev–Trinajstić information content (AvgIpc) is 2.33. The number of nitrogen functional groups attached to an aromatic ring is 1. The lowest BCUT2D eigenvalue weighted by molar-refractivity contribution is -0.119. The maximum atomic E-state index is 12.0. The molecule has 4 heteroatoms. The molecule has 1 aromatic rings. The Hall–Kier alpha value is -1.55. The summed E-state index contributed by atoms with van der Waals surface area (Å²) in [7, 11) is 0. The molecule has 1 amide bonds. The molecule has 0 bridgehead atoms. The molecule has 3 N–H and O–H groups in total. The molecule has 1 saturated carbocycles. The fourth-order valence-corrected chi connectivity index (χ4v) is 2.62. The van der Waals surface area contributed by atoms with E-state index in [1.54, 1.807) is 0 Å². The first kappa shape index (κ1) is 14.9. The highest BCUT2D eigenvalue weighted by Gasteiger charge is 2.31. The van der Waals surface area contributed by atoms with Gasteiger partial charge < -0.3 is 15.8 Å². The van der Waals surface area contributed by atoms with Crippen LogP contribution in [0.25, 0.3) is 0 Å². The molecule has 1 aromatic carbocycles. The minimum absolute atomic E-state index is 0.0416. The molecule has 0 aliphatic heterocycles. The molecule has 2 rings (SSSR count). The third-order valence-corrected chi connectivity index (χ3v) is 4.01. The Morgan fingerprint density at radius 2 is 2.00 bits per heavy atom. The van der Waals surface area contributed by atoms with E-state index in [0.717, 1.165) is 36.3 Å². The van der Waals surface area contributed by atoms with Crippen molar-refractivity contribution >= 4 is 17.3 Å². The molecule has 1 aliphatic carbocycles. The van der Waals surface area contributed by atoms with E-state index in [1.165, 1.54) is 0 Å². The molecule has 0 atom stereocenters. The largest absolute Gasteiger partial charge is 0.397 e. The zero-order valence-corrected chi connectivity index (χ0v) is 12.5. The molecule has 0 unspecified atom stereocenters. The summed E-state index contributed by atoms with van der Waals surface area (Å²) in [5.74, 6) is 0.485. The molecular weight excluding hydrogens is 252 g/mol. The Labute approximate surface area is 120 Å². The summed E-state index contributed by atoms with van der Waals surface area (Å²) in [6, 6.07) is 3.84. The lowest BCUT2D eigenvalue weighted by Gasteiger charge is -2.34. The number of hydrogen-bond donors (Lipinski definition) is 2. The Kier molecular flexibility index (Phi) is 4.65. The van der Waals surface area contributed by atoms with E-state index < -0.39 is 0 Å². The minimum Gasteiger partial charge on any atom is -0.397 e. The van der Waals surface area contributed by atoms with E-state index in [0.29, 0.717) is 24.1 Å². The van der Waals surface area contributed by atoms with Gasteiger partial charge in [-0.3, -0.25) is 4.79 Å². The fraction of sp³-hybridized carbons (Fsp3) is 0.562. The number of nitrogens with one attached hydrogen (secondary N) is 1. The van der Waals surface area contributed by atoms with Crippen LogP contribution in [0.2, 0.25) is 0 Å². The van der Waals surface area contributed by atoms with Crippen LogP contribution >= 0.6 is 0 Å². The van der Waals surface area contributed by atoms with Crippen LogP contribution in [0, 0.1) is 19.8 Å². The molecule has 0 aromatic heterocycles. The van der Waals surface area contributed by atoms with Gasteiger partial charge in [-0.1, -0.05) is 0 Å². The van der Waals surface area contributed by atoms with E-state index in [-0.39, 0.29) is 5.91 Å². The Bertz CT molecular complexity index is 493. The highest BCUT2D eigenvalue weighted by Crippen LogP contribution is 2.33. The van der Waals surface area contributed by atoms with Gasteiger partial charge in [-0.2, -0.15) is 0 Å². The van der Waals surface area contributed by atoms with E-state index in [9.17, 15) is 4.79 Å². The molecular formula is C16H24N2O2. The fourth-order valence-electron chi connectivity index (χ4n) is 2.62. The van der Waals surface area contributed by atoms with Gasteiger partial charge in [0.1, 0.15) is 0 Å². The van der Waals surface area contributed by atoms with Gasteiger partial charge in [-0.25, -0.2) is 0 Å². The Morgan fingerprint density at radius 1 is 1.35 bits per heavy atom. The van der Waals surface area contributed by atoms with Crippen LogP contribution in [-0.2, 0) is 9.53 Å². The number of benzene rings is 1. The van der Waals surface area contributed by atoms with Crippen molar-refractivity contribution in [3.05, 3.63) is 23.3 Å². The lowest BCUT2D eigenvalue weighted by Crippen LogP contribution is -2.33. The van der Waals surface area contributed by atoms with Crippen molar-refractivity contribution in [1.29, 1.82) is 0 Å². The maximum absolute atomic E-state index is 12.0. The van der Waals surface area contributed by atoms with Crippen LogP contribution in [0.15, 0.2) is 12.1 Å². The van der Waals surface area contributed by atoms with Crippen molar-refractivity contribution in [2.24, 2.45) is 5.92 Å². The van der Waals surface area contributed by atoms with Crippen molar-refractivity contribution in [3.63, 3.8) is 0 Å². The molecule has 4 nitrogen and oxygen atoms in total. The smallest absolute Gasteiger partial charge is 0.224 e. The molecule has 0 heterocycles. The number of aryl methyl sites for hydroxylation is 2. The minimum atomic E-state index is 0.0416. The number of nitrogens with two attached hydrogens (primary N) is 1. The van der Waals surface area contributed by atoms with E-state index in [1.807, 2.05) is 32.9 Å². The maximum Gasteiger partial charge on any atom is 0.224 e. The normalized spacial score (nSPS) is 21.4. The number of hydrogen-bond acceptors (Lipinski definition) is 3. The Morgan fingerprint density at radius 3 is 2.65 bits per heavy atom. The van der Waals surface area contributed by atoms with Crippen LogP contribution in [0.4, 0.5) is 11.4 Å². The van der Waals surface area contributed by atoms with Crippen molar-refractivity contribution in [3.8, 4) is 0 Å². The average molecular weight is 276 g/mol. The van der Waals surface area contributed by atoms with Crippen molar-refractivity contribution < 1.29 is 9.53 Å². The number of amides is 1. The quantitative estimate of drug-likeness (QED) is 0.812. The number of carbonyl (C=O) groups excluding carboxylic acids is 1. The third-order valence-electron chi connectivity index (χ3n) is 4.01. The van der Waals surface area contributed by atoms with Gasteiger partial charge in [0.25, 0.3) is 0 Å². The third kappa shape index (κ3) is 3.51. The lowest BCUT2D eigenvalue weighted by atomic mass is 9.80. The number of anilines is 2. The highest BCUT2D eigenvalue weighted by molar-refractivity contribution is 5.94. The molecule has 0 saturated heterocycles. The second kappa shape index (κ2) is 6.27. The van der Waals surface area contributed by atoms with E-state index in [2.05, 4.69) is 5.32 Å². The molecule has 110 valence electrons. The second-order valence-corrected chi connectivity index (χ2v) is 5.69. The summed E-state index contributed by atoms with van der Waals surface area (Å²) >= 11 is 0. The molecule has 0 spiro atoms. The highest BCUT2D eigenvalue weighted by atomic mass is 16.5. The molecule has 0 radical (unpaired) electrons. The van der Waals surface area contributed by atoms with Crippen molar-refractivity contribution in [1.82, 2.24) is 0 Å². The van der Waals surface area contributed by atoms with Crippen LogP contribution in [0.3, 0.4) is 0 Å². The molecule has 20 heavy (non-hydrogen) atoms. The van der Waals surface area contributed by atoms with E-state index >= 15 is 0 Å². The van der Waals surface area contributed by atoms with Gasteiger partial charge in [0.05, 0.1) is 17.5 Å². The van der Waals surface area contributed by atoms with Crippen molar-refractivity contribution in [2.45, 2.75) is 46.1 Å².